The van der Waals surface area contributed by atoms with Crippen molar-refractivity contribution >= 4 is 34.6 Å². The fraction of sp³-hybridized carbons (Fsp3) is 0.375. The van der Waals surface area contributed by atoms with Gasteiger partial charge in [0.1, 0.15) is 11.5 Å². The van der Waals surface area contributed by atoms with Gasteiger partial charge in [0.2, 0.25) is 5.13 Å². The van der Waals surface area contributed by atoms with E-state index in [1.165, 1.54) is 46.0 Å². The van der Waals surface area contributed by atoms with Crippen LogP contribution in [0.5, 0.6) is 0 Å². The fourth-order valence-corrected chi connectivity index (χ4v) is 6.58. The van der Waals surface area contributed by atoms with E-state index in [0.29, 0.717) is 22.5 Å². The first-order valence-electron chi connectivity index (χ1n) is 11.0. The summed E-state index contributed by atoms with van der Waals surface area (Å²) in [6.07, 6.45) is -2.58. The third-order valence-corrected chi connectivity index (χ3v) is 7.90. The van der Waals surface area contributed by atoms with Gasteiger partial charge in [-0.05, 0) is 49.5 Å². The van der Waals surface area contributed by atoms with Crippen LogP contribution in [-0.2, 0) is 0 Å². The van der Waals surface area contributed by atoms with Gasteiger partial charge in [0.15, 0.2) is 0 Å². The van der Waals surface area contributed by atoms with Crippen molar-refractivity contribution in [3.8, 4) is 16.3 Å². The van der Waals surface area contributed by atoms with E-state index in [0.717, 1.165) is 4.21 Å². The molecule has 5 nitrogen and oxygen atoms in total. The summed E-state index contributed by atoms with van der Waals surface area (Å²) < 4.78 is 55.2. The topological polar surface area (TPSA) is 70.8 Å². The summed E-state index contributed by atoms with van der Waals surface area (Å²) in [7, 11) is 0. The molecule has 186 valence electrons. The predicted molar refractivity (Wildman–Crippen MR) is 126 cm³/mol. The summed E-state index contributed by atoms with van der Waals surface area (Å²) in [5, 5.41) is 17.0. The molecule has 2 aromatic heterocycles. The third-order valence-electron chi connectivity index (χ3n) is 5.65. The second kappa shape index (κ2) is 11.8. The smallest absolute Gasteiger partial charge is 0.543 e. The molecule has 0 bridgehead atoms. The maximum Gasteiger partial charge on any atom is 1.00 e. The van der Waals surface area contributed by atoms with Crippen molar-refractivity contribution in [2.45, 2.75) is 55.7 Å². The Labute approximate surface area is 256 Å². The first kappa shape index (κ1) is 29.5. The second-order valence-corrected chi connectivity index (χ2v) is 11.4. The van der Waals surface area contributed by atoms with E-state index >= 15 is 0 Å². The number of carbonyl (C=O) groups is 1. The number of aromatic nitrogens is 3. The number of aromatic carboxylic acids is 1. The van der Waals surface area contributed by atoms with Crippen molar-refractivity contribution < 1.29 is 78.8 Å². The van der Waals surface area contributed by atoms with Gasteiger partial charge in [-0.15, -0.1) is 11.8 Å². The van der Waals surface area contributed by atoms with Crippen molar-refractivity contribution in [1.29, 1.82) is 0 Å². The molecule has 1 aliphatic rings. The Morgan fingerprint density at radius 3 is 2.58 bits per heavy atom. The number of carboxylic acid groups (broad SMARTS) is 1. The van der Waals surface area contributed by atoms with Gasteiger partial charge in [0.25, 0.3) is 0 Å². The molecule has 12 heteroatoms. The van der Waals surface area contributed by atoms with Crippen LogP contribution in [0.2, 0.25) is 0 Å². The molecule has 0 fully saturated rings. The standard InChI is InChI=1S/C24H23F4N3O2S2.K/c1-12(2)34-22-19(14-7-9-16(10-8-14)24(26,27)28)29-23(35-22)31-20(21(32)33)18(13(3)30-31)15-5-4-6-17(25)11-15;/h4-7,11-12,16H,8-10H2,1-3H3,(H,32,33);/q;+1/p-1. The predicted octanol–water partition coefficient (Wildman–Crippen LogP) is 3.06. The number of allylic oxidation sites excluding steroid dienone is 2. The number of thiazole rings is 1. The SMILES string of the molecule is Cc1nn(-c2nc(C3=CCC(C(F)(F)F)CC3)c(SC(C)C)s2)c(C(=O)[O-])c1-c1cccc(F)c1.[K+]. The number of carboxylic acids is 1. The largest absolute Gasteiger partial charge is 1.00 e. The molecule has 2 heterocycles. The van der Waals surface area contributed by atoms with Crippen LogP contribution in [0.3, 0.4) is 0 Å². The summed E-state index contributed by atoms with van der Waals surface area (Å²) >= 11 is 2.72. The summed E-state index contributed by atoms with van der Waals surface area (Å²) in [6.45, 7) is 5.58. The van der Waals surface area contributed by atoms with Crippen LogP contribution in [0.25, 0.3) is 21.8 Å². The van der Waals surface area contributed by atoms with Crippen molar-refractivity contribution in [2.24, 2.45) is 5.92 Å². The number of halogens is 4. The molecule has 0 saturated carbocycles. The number of carbonyl (C=O) groups excluding carboxylic acids is 1. The molecule has 4 rings (SSSR count). The molecule has 1 aliphatic carbocycles. The average molecular weight is 564 g/mol. The number of nitrogens with zero attached hydrogens (tertiary/aromatic N) is 3. The summed E-state index contributed by atoms with van der Waals surface area (Å²) in [6, 6.07) is 5.54. The minimum Gasteiger partial charge on any atom is -0.543 e. The van der Waals surface area contributed by atoms with Crippen LogP contribution in [0.15, 0.2) is 34.6 Å². The van der Waals surface area contributed by atoms with Crippen molar-refractivity contribution in [2.75, 3.05) is 0 Å². The Bertz CT molecular complexity index is 1300. The Balaban J connectivity index is 0.00000361. The van der Waals surface area contributed by atoms with Gasteiger partial charge in [0, 0.05) is 10.8 Å². The zero-order chi connectivity index (χ0) is 25.5. The van der Waals surface area contributed by atoms with Crippen LogP contribution in [0, 0.1) is 18.7 Å². The second-order valence-electron chi connectivity index (χ2n) is 8.56. The van der Waals surface area contributed by atoms with Crippen LogP contribution < -0.4 is 56.5 Å². The van der Waals surface area contributed by atoms with E-state index in [9.17, 15) is 27.5 Å². The molecule has 0 amide bonds. The first-order valence-corrected chi connectivity index (χ1v) is 12.7. The van der Waals surface area contributed by atoms with Gasteiger partial charge < -0.3 is 9.90 Å². The van der Waals surface area contributed by atoms with Crippen LogP contribution >= 0.6 is 23.1 Å². The van der Waals surface area contributed by atoms with Crippen LogP contribution in [0.1, 0.15) is 55.0 Å². The molecule has 1 unspecified atom stereocenters. The van der Waals surface area contributed by atoms with Crippen LogP contribution in [0.4, 0.5) is 17.6 Å². The zero-order valence-electron chi connectivity index (χ0n) is 20.1. The molecule has 3 aromatic rings. The summed E-state index contributed by atoms with van der Waals surface area (Å²) in [5.74, 6) is -3.39. The van der Waals surface area contributed by atoms with E-state index in [1.54, 1.807) is 19.1 Å². The molecule has 0 radical (unpaired) electrons. The molecule has 0 aliphatic heterocycles. The van der Waals surface area contributed by atoms with Gasteiger partial charge in [-0.25, -0.2) is 14.1 Å². The number of alkyl halides is 3. The molecule has 0 saturated heterocycles. The summed E-state index contributed by atoms with van der Waals surface area (Å²) in [5.41, 5.74) is 1.92. The minimum atomic E-state index is -4.24. The molecular weight excluding hydrogens is 542 g/mol. The van der Waals surface area contributed by atoms with Gasteiger partial charge in [-0.2, -0.15) is 18.3 Å². The van der Waals surface area contributed by atoms with Gasteiger partial charge in [-0.3, -0.25) is 0 Å². The van der Waals surface area contributed by atoms with Gasteiger partial charge in [0.05, 0.1) is 27.5 Å². The molecule has 0 N–H and O–H groups in total. The number of rotatable bonds is 6. The average Bonchev–Trinajstić information content (AvgIpc) is 3.33. The van der Waals surface area contributed by atoms with Crippen molar-refractivity contribution in [1.82, 2.24) is 14.8 Å². The third kappa shape index (κ3) is 6.33. The summed E-state index contributed by atoms with van der Waals surface area (Å²) in [4.78, 5) is 16.8. The van der Waals surface area contributed by atoms with E-state index in [1.807, 2.05) is 13.8 Å². The van der Waals surface area contributed by atoms with E-state index in [-0.39, 0.29) is 92.3 Å². The molecule has 0 spiro atoms. The van der Waals surface area contributed by atoms with E-state index < -0.39 is 23.9 Å². The number of hydrogen-bond donors (Lipinski definition) is 0. The number of benzene rings is 1. The Morgan fingerprint density at radius 1 is 1.31 bits per heavy atom. The van der Waals surface area contributed by atoms with E-state index in [2.05, 4.69) is 10.1 Å². The first-order chi connectivity index (χ1) is 16.5. The monoisotopic (exact) mass is 563 g/mol. The quantitative estimate of drug-likeness (QED) is 0.262. The minimum absolute atomic E-state index is 0. The van der Waals surface area contributed by atoms with E-state index in [4.69, 9.17) is 0 Å². The number of aryl methyl sites for hydroxylation is 1. The fourth-order valence-electron chi connectivity index (χ4n) is 4.07. The Morgan fingerprint density at radius 2 is 2.03 bits per heavy atom. The Kier molecular flexibility index (Phi) is 9.67. The molecule has 1 aromatic carbocycles. The zero-order valence-corrected chi connectivity index (χ0v) is 24.9. The van der Waals surface area contributed by atoms with Crippen LogP contribution in [-0.4, -0.2) is 32.2 Å². The van der Waals surface area contributed by atoms with Gasteiger partial charge in [-0.1, -0.05) is 43.4 Å². The Hall–Kier alpha value is -1.02. The number of thioether (sulfide) groups is 1. The number of hydrogen-bond acceptors (Lipinski definition) is 6. The van der Waals surface area contributed by atoms with Gasteiger partial charge >= 0.3 is 57.6 Å². The molecular formula is C24H22F4KN3O2S2. The maximum atomic E-state index is 13.9. The maximum absolute atomic E-state index is 13.9. The van der Waals surface area contributed by atoms with Crippen molar-refractivity contribution in [3.63, 3.8) is 0 Å². The normalized spacial score (nSPS) is 16.1. The molecule has 1 atom stereocenters. The van der Waals surface area contributed by atoms with Crippen molar-refractivity contribution in [3.05, 3.63) is 53.2 Å². The molecule has 36 heavy (non-hydrogen) atoms.